The van der Waals surface area contributed by atoms with Crippen LogP contribution in [0.3, 0.4) is 0 Å². The molecule has 0 heterocycles. The molecule has 4 nitrogen and oxygen atoms in total. The van der Waals surface area contributed by atoms with Crippen molar-refractivity contribution in [2.45, 2.75) is 6.42 Å². The van der Waals surface area contributed by atoms with E-state index in [1.54, 1.807) is 18.2 Å². The van der Waals surface area contributed by atoms with Crippen molar-refractivity contribution in [2.24, 2.45) is 0 Å². The average molecular weight is 304 g/mol. The number of rotatable bonds is 4. The van der Waals surface area contributed by atoms with E-state index in [2.05, 4.69) is 10.6 Å². The van der Waals surface area contributed by atoms with Gasteiger partial charge in [-0.25, -0.2) is 8.78 Å². The lowest BCUT2D eigenvalue weighted by Gasteiger charge is -2.07. The molecule has 0 aromatic heterocycles. The molecule has 0 fully saturated rings. The number of nitrogens with one attached hydrogen (secondary N) is 2. The van der Waals surface area contributed by atoms with Gasteiger partial charge in [-0.05, 0) is 42.3 Å². The molecular weight excluding hydrogens is 290 g/mol. The van der Waals surface area contributed by atoms with E-state index in [-0.39, 0.29) is 18.8 Å². The monoisotopic (exact) mass is 304 g/mol. The third-order valence-corrected chi connectivity index (χ3v) is 2.95. The van der Waals surface area contributed by atoms with Crippen molar-refractivity contribution in [2.75, 3.05) is 11.9 Å². The zero-order valence-corrected chi connectivity index (χ0v) is 11.6. The van der Waals surface area contributed by atoms with Crippen LogP contribution in [-0.4, -0.2) is 18.4 Å². The van der Waals surface area contributed by atoms with Crippen molar-refractivity contribution in [3.8, 4) is 0 Å². The third kappa shape index (κ3) is 4.37. The van der Waals surface area contributed by atoms with Gasteiger partial charge in [0.1, 0.15) is 11.6 Å². The van der Waals surface area contributed by atoms with Crippen LogP contribution in [0.25, 0.3) is 0 Å². The zero-order chi connectivity index (χ0) is 15.9. The van der Waals surface area contributed by atoms with Crippen molar-refractivity contribution < 1.29 is 18.4 Å². The largest absolute Gasteiger partial charge is 0.347 e. The minimum Gasteiger partial charge on any atom is -0.347 e. The number of amides is 2. The van der Waals surface area contributed by atoms with Crippen LogP contribution < -0.4 is 10.6 Å². The van der Waals surface area contributed by atoms with E-state index in [0.29, 0.717) is 11.3 Å². The smallest absolute Gasteiger partial charge is 0.313 e. The molecule has 22 heavy (non-hydrogen) atoms. The number of hydrogen-bond donors (Lipinski definition) is 2. The highest BCUT2D eigenvalue weighted by Gasteiger charge is 2.13. The Balaban J connectivity index is 1.80. The zero-order valence-electron chi connectivity index (χ0n) is 11.6. The highest BCUT2D eigenvalue weighted by Crippen LogP contribution is 2.08. The second-order valence-corrected chi connectivity index (χ2v) is 4.56. The van der Waals surface area contributed by atoms with Gasteiger partial charge in [-0.1, -0.05) is 18.2 Å². The summed E-state index contributed by atoms with van der Waals surface area (Å²) in [6.45, 7) is 0.136. The lowest BCUT2D eigenvalue weighted by Crippen LogP contribution is -2.36. The molecular formula is C16H14F2N2O2. The van der Waals surface area contributed by atoms with Crippen LogP contribution in [0.4, 0.5) is 14.5 Å². The maximum Gasteiger partial charge on any atom is 0.313 e. The van der Waals surface area contributed by atoms with Crippen LogP contribution in [-0.2, 0) is 16.0 Å². The summed E-state index contributed by atoms with van der Waals surface area (Å²) in [5, 5.41) is 4.74. The number of anilines is 1. The summed E-state index contributed by atoms with van der Waals surface area (Å²) in [6, 6.07) is 11.3. The Kier molecular flexibility index (Phi) is 5.19. The molecule has 0 atom stereocenters. The Morgan fingerprint density at radius 1 is 0.909 bits per heavy atom. The number of carbonyl (C=O) groups excluding carboxylic acids is 2. The van der Waals surface area contributed by atoms with Gasteiger partial charge in [0.15, 0.2) is 0 Å². The second-order valence-electron chi connectivity index (χ2n) is 4.56. The van der Waals surface area contributed by atoms with Gasteiger partial charge in [0.05, 0.1) is 0 Å². The topological polar surface area (TPSA) is 58.2 Å². The highest BCUT2D eigenvalue weighted by molar-refractivity contribution is 6.39. The van der Waals surface area contributed by atoms with E-state index in [0.717, 1.165) is 0 Å². The van der Waals surface area contributed by atoms with Crippen LogP contribution >= 0.6 is 0 Å². The molecule has 0 aliphatic heterocycles. The lowest BCUT2D eigenvalue weighted by molar-refractivity contribution is -0.136. The SMILES string of the molecule is O=C(NCCc1ccccc1F)C(=O)Nc1ccc(F)cc1. The van der Waals surface area contributed by atoms with E-state index in [1.807, 2.05) is 0 Å². The Bertz CT molecular complexity index is 672. The lowest BCUT2D eigenvalue weighted by atomic mass is 10.1. The molecule has 2 N–H and O–H groups in total. The van der Waals surface area contributed by atoms with Gasteiger partial charge in [0, 0.05) is 12.2 Å². The van der Waals surface area contributed by atoms with Gasteiger partial charge in [0.25, 0.3) is 0 Å². The molecule has 0 saturated heterocycles. The predicted octanol–water partition coefficient (Wildman–Crippen LogP) is 2.26. The molecule has 2 amide bonds. The first-order chi connectivity index (χ1) is 10.6. The predicted molar refractivity (Wildman–Crippen MR) is 78.1 cm³/mol. The first kappa shape index (κ1) is 15.6. The Morgan fingerprint density at radius 2 is 1.59 bits per heavy atom. The summed E-state index contributed by atoms with van der Waals surface area (Å²) >= 11 is 0. The average Bonchev–Trinajstić information content (AvgIpc) is 2.51. The van der Waals surface area contributed by atoms with Gasteiger partial charge in [-0.3, -0.25) is 9.59 Å². The van der Waals surface area contributed by atoms with Crippen LogP contribution in [0.15, 0.2) is 48.5 Å². The summed E-state index contributed by atoms with van der Waals surface area (Å²) in [5.41, 5.74) is 0.775. The van der Waals surface area contributed by atoms with Crippen LogP contribution in [0.1, 0.15) is 5.56 Å². The van der Waals surface area contributed by atoms with E-state index in [4.69, 9.17) is 0 Å². The molecule has 2 aromatic rings. The summed E-state index contributed by atoms with van der Waals surface area (Å²) in [5.74, 6) is -2.49. The quantitative estimate of drug-likeness (QED) is 0.851. The Morgan fingerprint density at radius 3 is 2.27 bits per heavy atom. The Hall–Kier alpha value is -2.76. The maximum atomic E-state index is 13.4. The fourth-order valence-electron chi connectivity index (χ4n) is 1.81. The van der Waals surface area contributed by atoms with Gasteiger partial charge in [-0.2, -0.15) is 0 Å². The molecule has 0 radical (unpaired) electrons. The van der Waals surface area contributed by atoms with Crippen LogP contribution in [0, 0.1) is 11.6 Å². The molecule has 0 bridgehead atoms. The molecule has 2 rings (SSSR count). The fraction of sp³-hybridized carbons (Fsp3) is 0.125. The maximum absolute atomic E-state index is 13.4. The molecule has 114 valence electrons. The molecule has 0 aliphatic carbocycles. The number of carbonyl (C=O) groups is 2. The minimum absolute atomic E-state index is 0.136. The van der Waals surface area contributed by atoms with E-state index < -0.39 is 17.6 Å². The normalized spacial score (nSPS) is 10.1. The van der Waals surface area contributed by atoms with Crippen molar-refractivity contribution in [3.63, 3.8) is 0 Å². The number of hydrogen-bond acceptors (Lipinski definition) is 2. The van der Waals surface area contributed by atoms with E-state index in [1.165, 1.54) is 30.3 Å². The fourth-order valence-corrected chi connectivity index (χ4v) is 1.81. The summed E-state index contributed by atoms with van der Waals surface area (Å²) in [4.78, 5) is 23.2. The molecule has 0 saturated carbocycles. The first-order valence-electron chi connectivity index (χ1n) is 6.64. The van der Waals surface area contributed by atoms with E-state index in [9.17, 15) is 18.4 Å². The van der Waals surface area contributed by atoms with Crippen molar-refractivity contribution >= 4 is 17.5 Å². The van der Waals surface area contributed by atoms with Crippen molar-refractivity contribution in [3.05, 3.63) is 65.7 Å². The van der Waals surface area contributed by atoms with Crippen LogP contribution in [0.5, 0.6) is 0 Å². The van der Waals surface area contributed by atoms with Gasteiger partial charge < -0.3 is 10.6 Å². The molecule has 6 heteroatoms. The van der Waals surface area contributed by atoms with Gasteiger partial charge >= 0.3 is 11.8 Å². The second kappa shape index (κ2) is 7.31. The first-order valence-corrected chi connectivity index (χ1v) is 6.64. The molecule has 0 unspecified atom stereocenters. The summed E-state index contributed by atoms with van der Waals surface area (Å²) in [6.07, 6.45) is 0.280. The third-order valence-electron chi connectivity index (χ3n) is 2.95. The summed E-state index contributed by atoms with van der Waals surface area (Å²) < 4.78 is 26.1. The highest BCUT2D eigenvalue weighted by atomic mass is 19.1. The van der Waals surface area contributed by atoms with Crippen LogP contribution in [0.2, 0.25) is 0 Å². The number of benzene rings is 2. The van der Waals surface area contributed by atoms with Gasteiger partial charge in [-0.15, -0.1) is 0 Å². The molecule has 2 aromatic carbocycles. The Labute approximate surface area is 126 Å². The van der Waals surface area contributed by atoms with Gasteiger partial charge in [0.2, 0.25) is 0 Å². The standard InChI is InChI=1S/C16H14F2N2O2/c17-12-5-7-13(8-6-12)20-16(22)15(21)19-10-9-11-3-1-2-4-14(11)18/h1-8H,9-10H2,(H,19,21)(H,20,22). The number of halogens is 2. The van der Waals surface area contributed by atoms with Crippen molar-refractivity contribution in [1.29, 1.82) is 0 Å². The molecule has 0 aliphatic rings. The summed E-state index contributed by atoms with van der Waals surface area (Å²) in [7, 11) is 0. The van der Waals surface area contributed by atoms with Crippen molar-refractivity contribution in [1.82, 2.24) is 5.32 Å². The van der Waals surface area contributed by atoms with E-state index >= 15 is 0 Å². The molecule has 0 spiro atoms. The minimum atomic E-state index is -0.861.